The van der Waals surface area contributed by atoms with Crippen LogP contribution in [0.2, 0.25) is 0 Å². The molecule has 0 atom stereocenters. The molecular weight excluding hydrogens is 402 g/mol. The molecule has 0 aliphatic heterocycles. The molecule has 1 aromatic carbocycles. The van der Waals surface area contributed by atoms with Crippen LogP contribution in [0.5, 0.6) is 0 Å². The van der Waals surface area contributed by atoms with Gasteiger partial charge in [0.2, 0.25) is 0 Å². The van der Waals surface area contributed by atoms with E-state index in [9.17, 15) is 0 Å². The van der Waals surface area contributed by atoms with Gasteiger partial charge in [-0.05, 0) is 73.9 Å². The number of aromatic nitrogens is 3. The van der Waals surface area contributed by atoms with Crippen LogP contribution in [0.1, 0.15) is 50.1 Å². The van der Waals surface area contributed by atoms with Gasteiger partial charge < -0.3 is 0 Å². The van der Waals surface area contributed by atoms with Crippen LogP contribution in [0.4, 0.5) is 0 Å². The molecule has 0 bridgehead atoms. The Balaban J connectivity index is 1.90. The van der Waals surface area contributed by atoms with Gasteiger partial charge in [-0.2, -0.15) is 0 Å². The normalized spacial score (nSPS) is 9.55. The van der Waals surface area contributed by atoms with Crippen molar-refractivity contribution in [2.24, 2.45) is 0 Å². The fourth-order valence-electron chi connectivity index (χ4n) is 3.49. The van der Waals surface area contributed by atoms with Gasteiger partial charge in [-0.1, -0.05) is 35.5 Å². The highest BCUT2D eigenvalue weighted by molar-refractivity contribution is 5.67. The topological polar surface area (TPSA) is 38.7 Å². The zero-order valence-corrected chi connectivity index (χ0v) is 18.8. The van der Waals surface area contributed by atoms with E-state index in [0.717, 1.165) is 50.1 Å². The van der Waals surface area contributed by atoms with E-state index in [-0.39, 0.29) is 0 Å². The van der Waals surface area contributed by atoms with E-state index in [2.05, 4.69) is 71.2 Å². The van der Waals surface area contributed by atoms with Crippen LogP contribution in [-0.2, 0) is 0 Å². The summed E-state index contributed by atoms with van der Waals surface area (Å²) in [5, 5.41) is 0. The van der Waals surface area contributed by atoms with Gasteiger partial charge in [-0.25, -0.2) is 0 Å². The molecule has 0 fully saturated rings. The molecule has 3 heterocycles. The summed E-state index contributed by atoms with van der Waals surface area (Å²) in [7, 11) is 0. The Morgan fingerprint density at radius 3 is 0.879 bits per heavy atom. The summed E-state index contributed by atoms with van der Waals surface area (Å²) < 4.78 is 0. The first-order valence-corrected chi connectivity index (χ1v) is 10.5. The largest absolute Gasteiger partial charge is 0.265 e. The summed E-state index contributed by atoms with van der Waals surface area (Å²) in [6.45, 7) is 6.23. The molecule has 33 heavy (non-hydrogen) atoms. The smallest absolute Gasteiger partial charge is 0.0332 e. The molecule has 3 aromatic heterocycles. The molecule has 0 aliphatic rings. The van der Waals surface area contributed by atoms with Crippen molar-refractivity contribution < 1.29 is 0 Å². The molecule has 0 N–H and O–H groups in total. The Hall–Kier alpha value is -4.65. The molecule has 0 amide bonds. The first kappa shape index (κ1) is 21.6. The van der Waals surface area contributed by atoms with Gasteiger partial charge in [0.05, 0.1) is 0 Å². The van der Waals surface area contributed by atoms with Crippen molar-refractivity contribution >= 4 is 0 Å². The first-order valence-electron chi connectivity index (χ1n) is 10.5. The Bertz CT molecular complexity index is 1260. The van der Waals surface area contributed by atoms with Gasteiger partial charge in [0.25, 0.3) is 0 Å². The van der Waals surface area contributed by atoms with Crippen molar-refractivity contribution in [1.82, 2.24) is 15.0 Å². The highest BCUT2D eigenvalue weighted by Crippen LogP contribution is 2.26. The highest BCUT2D eigenvalue weighted by Gasteiger charge is 2.14. The third-order valence-corrected chi connectivity index (χ3v) is 5.29. The maximum atomic E-state index is 4.07. The maximum absolute atomic E-state index is 4.07. The average molecular weight is 424 g/mol. The van der Waals surface area contributed by atoms with E-state index in [1.807, 2.05) is 36.4 Å². The van der Waals surface area contributed by atoms with Gasteiger partial charge in [0.15, 0.2) is 0 Å². The van der Waals surface area contributed by atoms with Crippen LogP contribution in [0, 0.1) is 56.3 Å². The lowest BCUT2D eigenvalue weighted by Gasteiger charge is -2.14. The number of benzene rings is 1. The molecule has 0 aliphatic carbocycles. The number of pyridine rings is 3. The third kappa shape index (κ3) is 5.16. The molecule has 4 aromatic rings. The highest BCUT2D eigenvalue weighted by atomic mass is 14.6. The van der Waals surface area contributed by atoms with Crippen molar-refractivity contribution in [3.63, 3.8) is 0 Å². The van der Waals surface area contributed by atoms with E-state index >= 15 is 0 Å². The Morgan fingerprint density at radius 2 is 0.636 bits per heavy atom. The Kier molecular flexibility index (Phi) is 6.61. The minimum Gasteiger partial charge on any atom is -0.265 e. The van der Waals surface area contributed by atoms with Gasteiger partial charge in [-0.3, -0.25) is 15.0 Å². The molecule has 3 heteroatoms. The molecular formula is C30H21N3. The second-order valence-electron chi connectivity index (χ2n) is 7.46. The summed E-state index contributed by atoms with van der Waals surface area (Å²) in [6.07, 6.45) is 10.5. The van der Waals surface area contributed by atoms with E-state index in [1.165, 1.54) is 0 Å². The summed E-state index contributed by atoms with van der Waals surface area (Å²) in [4.78, 5) is 12.2. The molecule has 0 unspecified atom stereocenters. The molecule has 3 nitrogen and oxygen atoms in total. The molecule has 0 saturated heterocycles. The van der Waals surface area contributed by atoms with Crippen molar-refractivity contribution in [3.05, 3.63) is 124 Å². The van der Waals surface area contributed by atoms with Gasteiger partial charge in [-0.15, -0.1) is 0 Å². The van der Waals surface area contributed by atoms with E-state index in [0.29, 0.717) is 0 Å². The van der Waals surface area contributed by atoms with Crippen LogP contribution in [0.15, 0.2) is 73.6 Å². The third-order valence-electron chi connectivity index (χ3n) is 5.29. The van der Waals surface area contributed by atoms with Crippen LogP contribution >= 0.6 is 0 Å². The summed E-state index contributed by atoms with van der Waals surface area (Å²) in [5.41, 5.74) is 8.78. The number of hydrogen-bond acceptors (Lipinski definition) is 3. The minimum atomic E-state index is 0.915. The van der Waals surface area contributed by atoms with Crippen molar-refractivity contribution in [2.75, 3.05) is 0 Å². The molecule has 0 spiro atoms. The fourth-order valence-corrected chi connectivity index (χ4v) is 3.49. The maximum Gasteiger partial charge on any atom is 0.0332 e. The van der Waals surface area contributed by atoms with Crippen molar-refractivity contribution in [2.45, 2.75) is 20.8 Å². The lowest BCUT2D eigenvalue weighted by molar-refractivity contribution is 1.25. The zero-order chi connectivity index (χ0) is 23.0. The van der Waals surface area contributed by atoms with Crippen LogP contribution in [-0.4, -0.2) is 15.0 Å². The standard InChI is InChI=1S/C30H21N3/c1-22-28(7-4-25-10-16-31-17-11-25)23(2)30(9-6-27-14-20-33-21-15-27)24(3)29(22)8-5-26-12-18-32-19-13-26/h10-21H,1-3H3. The van der Waals surface area contributed by atoms with E-state index in [1.54, 1.807) is 37.2 Å². The average Bonchev–Trinajstić information content (AvgIpc) is 2.86. The summed E-state index contributed by atoms with van der Waals surface area (Å²) >= 11 is 0. The number of nitrogens with zero attached hydrogens (tertiary/aromatic N) is 3. The van der Waals surface area contributed by atoms with Crippen molar-refractivity contribution in [3.8, 4) is 35.5 Å². The second kappa shape index (κ2) is 10.1. The van der Waals surface area contributed by atoms with Crippen LogP contribution in [0.25, 0.3) is 0 Å². The predicted octanol–water partition coefficient (Wildman–Crippen LogP) is 5.00. The van der Waals surface area contributed by atoms with Gasteiger partial charge >= 0.3 is 0 Å². The lowest BCUT2D eigenvalue weighted by atomic mass is 9.88. The lowest BCUT2D eigenvalue weighted by Crippen LogP contribution is -2.02. The minimum absolute atomic E-state index is 0.915. The zero-order valence-electron chi connectivity index (χ0n) is 18.8. The van der Waals surface area contributed by atoms with Crippen molar-refractivity contribution in [1.29, 1.82) is 0 Å². The quantitative estimate of drug-likeness (QED) is 0.374. The van der Waals surface area contributed by atoms with E-state index in [4.69, 9.17) is 0 Å². The Labute approximate surface area is 195 Å². The second-order valence-corrected chi connectivity index (χ2v) is 7.46. The fraction of sp³-hybridized carbons (Fsp3) is 0.100. The molecule has 0 saturated carbocycles. The Morgan fingerprint density at radius 1 is 0.394 bits per heavy atom. The summed E-state index contributed by atoms with van der Waals surface area (Å²) in [6, 6.07) is 11.4. The van der Waals surface area contributed by atoms with E-state index < -0.39 is 0 Å². The predicted molar refractivity (Wildman–Crippen MR) is 131 cm³/mol. The van der Waals surface area contributed by atoms with Crippen LogP contribution in [0.3, 0.4) is 0 Å². The number of rotatable bonds is 0. The van der Waals surface area contributed by atoms with Gasteiger partial charge in [0.1, 0.15) is 0 Å². The summed E-state index contributed by atoms with van der Waals surface area (Å²) in [5.74, 6) is 19.9. The molecule has 156 valence electrons. The monoisotopic (exact) mass is 423 g/mol. The first-order chi connectivity index (χ1) is 16.1. The molecule has 0 radical (unpaired) electrons. The SMILES string of the molecule is Cc1c(C#Cc2ccncc2)c(C)c(C#Cc2ccncc2)c(C)c1C#Cc1ccncc1. The van der Waals surface area contributed by atoms with Crippen LogP contribution < -0.4 is 0 Å². The number of hydrogen-bond donors (Lipinski definition) is 0. The molecule has 4 rings (SSSR count). The van der Waals surface area contributed by atoms with Gasteiger partial charge in [0, 0.05) is 70.6 Å².